The van der Waals surface area contributed by atoms with Gasteiger partial charge in [0.05, 0.1) is 10.5 Å². The maximum Gasteiger partial charge on any atom is 0.335 e. The number of carbonyl (C=O) groups is 2. The Hall–Kier alpha value is -3.03. The lowest BCUT2D eigenvalue weighted by atomic mass is 10.1. The first-order chi connectivity index (χ1) is 10.7. The van der Waals surface area contributed by atoms with E-state index in [1.54, 1.807) is 12.1 Å². The SMILES string of the molecule is Nc1cccc(C(=O)Nc2cc(C(=O)O)cc(S(=O)(=O)O)c2)c1.O.O.O. The summed E-state index contributed by atoms with van der Waals surface area (Å²) in [6, 6.07) is 8.83. The van der Waals surface area contributed by atoms with Crippen LogP contribution in [0.2, 0.25) is 0 Å². The van der Waals surface area contributed by atoms with Crippen LogP contribution in [0.25, 0.3) is 0 Å². The van der Waals surface area contributed by atoms with Gasteiger partial charge in [-0.05, 0) is 36.4 Å². The van der Waals surface area contributed by atoms with E-state index in [-0.39, 0.29) is 27.7 Å². The molecule has 0 saturated heterocycles. The van der Waals surface area contributed by atoms with Crippen molar-refractivity contribution < 1.29 is 44.1 Å². The van der Waals surface area contributed by atoms with Crippen LogP contribution in [-0.2, 0) is 10.1 Å². The third-order valence-corrected chi connectivity index (χ3v) is 3.69. The molecule has 0 aliphatic rings. The van der Waals surface area contributed by atoms with Gasteiger partial charge in [-0.1, -0.05) is 6.07 Å². The second-order valence-corrected chi connectivity index (χ2v) is 6.03. The molecular formula is C14H18N2O9S. The lowest BCUT2D eigenvalue weighted by Crippen LogP contribution is -2.13. The predicted molar refractivity (Wildman–Crippen MR) is 92.9 cm³/mol. The van der Waals surface area contributed by atoms with E-state index >= 15 is 0 Å². The van der Waals surface area contributed by atoms with Gasteiger partial charge in [0.2, 0.25) is 0 Å². The summed E-state index contributed by atoms with van der Waals surface area (Å²) in [5, 5.41) is 11.3. The van der Waals surface area contributed by atoms with Crippen molar-refractivity contribution in [3.8, 4) is 0 Å². The molecule has 0 radical (unpaired) electrons. The Morgan fingerprint density at radius 1 is 0.962 bits per heavy atom. The Morgan fingerprint density at radius 3 is 2.08 bits per heavy atom. The fourth-order valence-corrected chi connectivity index (χ4v) is 2.38. The standard InChI is InChI=1S/C14H12N2O6S.3H2O/c15-10-3-1-2-8(4-10)13(17)16-11-5-9(14(18)19)6-12(7-11)23(20,21)22;;;/h1-7H,15H2,(H,16,17)(H,18,19)(H,20,21,22);3*1H2. The van der Waals surface area contributed by atoms with Gasteiger partial charge in [0.15, 0.2) is 0 Å². The van der Waals surface area contributed by atoms with Crippen molar-refractivity contribution >= 4 is 33.4 Å². The highest BCUT2D eigenvalue weighted by Crippen LogP contribution is 2.20. The van der Waals surface area contributed by atoms with Gasteiger partial charge in [-0.2, -0.15) is 8.42 Å². The molecule has 0 heterocycles. The minimum atomic E-state index is -4.62. The van der Waals surface area contributed by atoms with Crippen molar-refractivity contribution in [2.45, 2.75) is 4.90 Å². The van der Waals surface area contributed by atoms with Crippen molar-refractivity contribution in [1.82, 2.24) is 0 Å². The molecule has 0 unspecified atom stereocenters. The number of nitrogens with two attached hydrogens (primary N) is 1. The number of amides is 1. The molecule has 1 amide bonds. The average molecular weight is 390 g/mol. The van der Waals surface area contributed by atoms with Crippen molar-refractivity contribution in [2.75, 3.05) is 11.1 Å². The molecule has 2 aromatic rings. The second-order valence-electron chi connectivity index (χ2n) is 4.61. The van der Waals surface area contributed by atoms with Crippen LogP contribution in [0, 0.1) is 0 Å². The third-order valence-electron chi connectivity index (χ3n) is 2.86. The quantitative estimate of drug-likeness (QED) is 0.374. The summed E-state index contributed by atoms with van der Waals surface area (Å²) < 4.78 is 31.4. The Kier molecular flexibility index (Phi) is 9.17. The van der Waals surface area contributed by atoms with Crippen LogP contribution in [0.5, 0.6) is 0 Å². The van der Waals surface area contributed by atoms with Gasteiger partial charge in [0.1, 0.15) is 0 Å². The van der Waals surface area contributed by atoms with Crippen LogP contribution in [0.15, 0.2) is 47.4 Å². The van der Waals surface area contributed by atoms with Gasteiger partial charge in [0.25, 0.3) is 16.0 Å². The van der Waals surface area contributed by atoms with E-state index in [0.29, 0.717) is 5.69 Å². The van der Waals surface area contributed by atoms with Gasteiger partial charge in [-0.25, -0.2) is 4.79 Å². The molecule has 0 saturated carbocycles. The summed E-state index contributed by atoms with van der Waals surface area (Å²) in [7, 11) is -4.62. The van der Waals surface area contributed by atoms with Gasteiger partial charge in [-0.15, -0.1) is 0 Å². The first-order valence-electron chi connectivity index (χ1n) is 6.19. The molecule has 0 aromatic heterocycles. The molecule has 26 heavy (non-hydrogen) atoms. The Morgan fingerprint density at radius 2 is 1.58 bits per heavy atom. The molecule has 0 fully saturated rings. The van der Waals surface area contributed by atoms with E-state index in [1.165, 1.54) is 12.1 Å². The Bertz CT molecular complexity index is 897. The monoisotopic (exact) mass is 390 g/mol. The normalized spacial score (nSPS) is 9.73. The number of carbonyl (C=O) groups excluding carboxylic acids is 1. The Balaban J connectivity index is 0. The molecule has 0 atom stereocenters. The van der Waals surface area contributed by atoms with E-state index in [1.807, 2.05) is 0 Å². The lowest BCUT2D eigenvalue weighted by molar-refractivity contribution is 0.0696. The molecule has 2 aromatic carbocycles. The molecular weight excluding hydrogens is 372 g/mol. The molecule has 2 rings (SSSR count). The largest absolute Gasteiger partial charge is 0.478 e. The van der Waals surface area contributed by atoms with E-state index < -0.39 is 32.5 Å². The number of nitrogens with one attached hydrogen (secondary N) is 1. The van der Waals surface area contributed by atoms with Gasteiger partial charge in [-0.3, -0.25) is 9.35 Å². The fourth-order valence-electron chi connectivity index (χ4n) is 1.83. The number of carboxylic acid groups (broad SMARTS) is 1. The lowest BCUT2D eigenvalue weighted by Gasteiger charge is -2.08. The summed E-state index contributed by atoms with van der Waals surface area (Å²) in [4.78, 5) is 22.5. The summed E-state index contributed by atoms with van der Waals surface area (Å²) in [5.74, 6) is -2.02. The van der Waals surface area contributed by atoms with Crippen molar-refractivity contribution in [3.63, 3.8) is 0 Å². The highest BCUT2D eigenvalue weighted by atomic mass is 32.2. The fraction of sp³-hybridized carbons (Fsp3) is 0. The zero-order valence-corrected chi connectivity index (χ0v) is 13.9. The summed E-state index contributed by atoms with van der Waals surface area (Å²) in [5.41, 5.74) is 5.64. The van der Waals surface area contributed by atoms with Gasteiger partial charge >= 0.3 is 5.97 Å². The topological polar surface area (TPSA) is 241 Å². The zero-order chi connectivity index (χ0) is 17.2. The summed E-state index contributed by atoms with van der Waals surface area (Å²) in [6.07, 6.45) is 0. The zero-order valence-electron chi connectivity index (χ0n) is 13.1. The number of hydrogen-bond acceptors (Lipinski definition) is 5. The van der Waals surface area contributed by atoms with Crippen LogP contribution >= 0.6 is 0 Å². The van der Waals surface area contributed by atoms with Crippen LogP contribution in [0.1, 0.15) is 20.7 Å². The maximum absolute atomic E-state index is 12.1. The number of nitrogen functional groups attached to an aromatic ring is 1. The number of hydrogen-bond donors (Lipinski definition) is 4. The van der Waals surface area contributed by atoms with Crippen LogP contribution in [0.3, 0.4) is 0 Å². The number of benzene rings is 2. The molecule has 0 spiro atoms. The first-order valence-corrected chi connectivity index (χ1v) is 7.63. The number of carboxylic acids is 1. The van der Waals surface area contributed by atoms with Crippen molar-refractivity contribution in [3.05, 3.63) is 53.6 Å². The summed E-state index contributed by atoms with van der Waals surface area (Å²) in [6.45, 7) is 0. The van der Waals surface area contributed by atoms with Gasteiger partial charge in [0, 0.05) is 16.9 Å². The van der Waals surface area contributed by atoms with Crippen LogP contribution in [0.4, 0.5) is 11.4 Å². The molecule has 144 valence electrons. The minimum absolute atomic E-state index is 0. The maximum atomic E-state index is 12.1. The highest BCUT2D eigenvalue weighted by molar-refractivity contribution is 7.85. The number of rotatable bonds is 4. The average Bonchev–Trinajstić information content (AvgIpc) is 2.46. The smallest absolute Gasteiger partial charge is 0.335 e. The van der Waals surface area contributed by atoms with Gasteiger partial charge < -0.3 is 32.6 Å². The third kappa shape index (κ3) is 6.12. The van der Waals surface area contributed by atoms with Crippen molar-refractivity contribution in [2.24, 2.45) is 0 Å². The van der Waals surface area contributed by atoms with Crippen LogP contribution < -0.4 is 11.1 Å². The number of aromatic carboxylic acids is 1. The molecule has 11 nitrogen and oxygen atoms in total. The molecule has 11 N–H and O–H groups in total. The predicted octanol–water partition coefficient (Wildman–Crippen LogP) is -1.01. The molecule has 12 heteroatoms. The minimum Gasteiger partial charge on any atom is -0.478 e. The summed E-state index contributed by atoms with van der Waals surface area (Å²) >= 11 is 0. The van der Waals surface area contributed by atoms with E-state index in [0.717, 1.165) is 18.2 Å². The number of anilines is 2. The highest BCUT2D eigenvalue weighted by Gasteiger charge is 2.16. The molecule has 0 aliphatic carbocycles. The Labute approximate surface area is 147 Å². The second kappa shape index (κ2) is 9.45. The van der Waals surface area contributed by atoms with Crippen LogP contribution in [-0.4, -0.2) is 46.4 Å². The molecule has 0 bridgehead atoms. The molecule has 0 aliphatic heterocycles. The van der Waals surface area contributed by atoms with E-state index in [2.05, 4.69) is 5.32 Å². The van der Waals surface area contributed by atoms with E-state index in [9.17, 15) is 18.0 Å². The van der Waals surface area contributed by atoms with E-state index in [4.69, 9.17) is 15.4 Å². The van der Waals surface area contributed by atoms with Crippen molar-refractivity contribution in [1.29, 1.82) is 0 Å². The first kappa shape index (κ1) is 25.2.